The predicted molar refractivity (Wildman–Crippen MR) is 91.1 cm³/mol. The van der Waals surface area contributed by atoms with Gasteiger partial charge in [-0.15, -0.1) is 0 Å². The van der Waals surface area contributed by atoms with E-state index in [0.29, 0.717) is 19.1 Å². The number of nitrogens with zero attached hydrogens (tertiary/aromatic N) is 4. The predicted octanol–water partition coefficient (Wildman–Crippen LogP) is 1.74. The number of morpholine rings is 1. The van der Waals surface area contributed by atoms with Gasteiger partial charge < -0.3 is 14.5 Å². The maximum absolute atomic E-state index is 12.8. The fourth-order valence-corrected chi connectivity index (χ4v) is 3.69. The summed E-state index contributed by atoms with van der Waals surface area (Å²) in [5.74, 6) is 2.92. The summed E-state index contributed by atoms with van der Waals surface area (Å²) in [5.41, 5.74) is 1.03. The Balaban J connectivity index is 1.47. The molecule has 3 fully saturated rings. The topological polar surface area (TPSA) is 58.6 Å². The lowest BCUT2D eigenvalue weighted by Crippen LogP contribution is -2.48. The van der Waals surface area contributed by atoms with Gasteiger partial charge in [0.1, 0.15) is 11.6 Å². The van der Waals surface area contributed by atoms with Gasteiger partial charge in [-0.2, -0.15) is 0 Å². The van der Waals surface area contributed by atoms with Gasteiger partial charge in [0.25, 0.3) is 0 Å². The van der Waals surface area contributed by atoms with E-state index in [-0.39, 0.29) is 11.8 Å². The summed E-state index contributed by atoms with van der Waals surface area (Å²) in [4.78, 5) is 26.4. The molecular formula is C18H26N4O2. The van der Waals surface area contributed by atoms with Gasteiger partial charge in [-0.1, -0.05) is 0 Å². The van der Waals surface area contributed by atoms with Crippen LogP contribution >= 0.6 is 0 Å². The maximum atomic E-state index is 12.8. The van der Waals surface area contributed by atoms with Crippen LogP contribution in [0.15, 0.2) is 6.07 Å². The molecule has 2 aliphatic heterocycles. The Bertz CT molecular complexity index is 611. The molecule has 3 heterocycles. The van der Waals surface area contributed by atoms with Crippen molar-refractivity contribution in [3.8, 4) is 0 Å². The minimum Gasteiger partial charge on any atom is -0.378 e. The lowest BCUT2D eigenvalue weighted by molar-refractivity contribution is -0.139. The summed E-state index contributed by atoms with van der Waals surface area (Å²) in [7, 11) is 0. The minimum atomic E-state index is 0.0801. The number of aromatic nitrogens is 2. The van der Waals surface area contributed by atoms with Crippen molar-refractivity contribution in [3.05, 3.63) is 17.6 Å². The quantitative estimate of drug-likeness (QED) is 0.845. The van der Waals surface area contributed by atoms with Crippen LogP contribution in [-0.4, -0.2) is 60.2 Å². The van der Waals surface area contributed by atoms with Gasteiger partial charge in [0, 0.05) is 43.9 Å². The molecule has 0 N–H and O–H groups in total. The summed E-state index contributed by atoms with van der Waals surface area (Å²) >= 11 is 0. The van der Waals surface area contributed by atoms with Gasteiger partial charge in [0.2, 0.25) is 5.91 Å². The summed E-state index contributed by atoms with van der Waals surface area (Å²) in [6.07, 6.45) is 4.44. The fourth-order valence-electron chi connectivity index (χ4n) is 3.69. The third-order valence-corrected chi connectivity index (χ3v) is 5.22. The molecule has 130 valence electrons. The molecule has 3 aliphatic rings. The number of piperidine rings is 1. The molecule has 1 aromatic heterocycles. The lowest BCUT2D eigenvalue weighted by atomic mass is 9.96. The number of aryl methyl sites for hydroxylation is 1. The lowest BCUT2D eigenvalue weighted by Gasteiger charge is -2.36. The first kappa shape index (κ1) is 15.8. The Morgan fingerprint density at radius 2 is 1.96 bits per heavy atom. The molecular weight excluding hydrogens is 304 g/mol. The van der Waals surface area contributed by atoms with Crippen molar-refractivity contribution in [3.63, 3.8) is 0 Å². The summed E-state index contributed by atoms with van der Waals surface area (Å²) in [6.45, 7) is 6.58. The molecule has 24 heavy (non-hydrogen) atoms. The summed E-state index contributed by atoms with van der Waals surface area (Å²) in [5, 5.41) is 0. The zero-order valence-electron chi connectivity index (χ0n) is 14.4. The highest BCUT2D eigenvalue weighted by molar-refractivity contribution is 5.79. The molecule has 1 unspecified atom stereocenters. The monoisotopic (exact) mass is 330 g/mol. The molecule has 1 atom stereocenters. The fraction of sp³-hybridized carbons (Fsp3) is 0.722. The number of carbonyl (C=O) groups is 1. The maximum Gasteiger partial charge on any atom is 0.227 e. The van der Waals surface area contributed by atoms with E-state index < -0.39 is 0 Å². The molecule has 1 saturated carbocycles. The SMILES string of the molecule is Cc1cc(N2CCCC(C(=O)N3CCOCC3)C2)nc(C2CC2)n1. The normalized spacial score (nSPS) is 25.0. The molecule has 1 aliphatic carbocycles. The minimum absolute atomic E-state index is 0.0801. The smallest absolute Gasteiger partial charge is 0.227 e. The zero-order chi connectivity index (χ0) is 16.5. The van der Waals surface area contributed by atoms with Crippen molar-refractivity contribution in [2.24, 2.45) is 5.92 Å². The number of anilines is 1. The molecule has 6 heteroatoms. The Kier molecular flexibility index (Phi) is 4.39. The standard InChI is InChI=1S/C18H26N4O2/c1-13-11-16(20-17(19-13)14-4-5-14)22-6-2-3-15(12-22)18(23)21-7-9-24-10-8-21/h11,14-15H,2-10,12H2,1H3. The zero-order valence-corrected chi connectivity index (χ0v) is 14.4. The average Bonchev–Trinajstić information content (AvgIpc) is 3.47. The first-order chi connectivity index (χ1) is 11.7. The summed E-state index contributed by atoms with van der Waals surface area (Å²) < 4.78 is 5.36. The van der Waals surface area contributed by atoms with Gasteiger partial charge in [0.15, 0.2) is 0 Å². The van der Waals surface area contributed by atoms with Gasteiger partial charge in [-0.3, -0.25) is 4.79 Å². The van der Waals surface area contributed by atoms with Crippen molar-refractivity contribution in [1.29, 1.82) is 0 Å². The number of hydrogen-bond donors (Lipinski definition) is 0. The molecule has 0 bridgehead atoms. The molecule has 4 rings (SSSR count). The Morgan fingerprint density at radius 1 is 1.17 bits per heavy atom. The first-order valence-electron chi connectivity index (χ1n) is 9.18. The highest BCUT2D eigenvalue weighted by atomic mass is 16.5. The second-order valence-corrected chi connectivity index (χ2v) is 7.22. The van der Waals surface area contributed by atoms with Gasteiger partial charge in [0.05, 0.1) is 19.1 Å². The van der Waals surface area contributed by atoms with E-state index in [4.69, 9.17) is 9.72 Å². The van der Waals surface area contributed by atoms with Crippen molar-refractivity contribution >= 4 is 11.7 Å². The van der Waals surface area contributed by atoms with Crippen LogP contribution < -0.4 is 4.90 Å². The molecule has 0 radical (unpaired) electrons. The van der Waals surface area contributed by atoms with Crippen molar-refractivity contribution in [2.45, 2.75) is 38.5 Å². The van der Waals surface area contributed by atoms with Crippen LogP contribution in [0.4, 0.5) is 5.82 Å². The van der Waals surface area contributed by atoms with Crippen LogP contribution in [0.25, 0.3) is 0 Å². The van der Waals surface area contributed by atoms with Crippen LogP contribution in [0.1, 0.15) is 43.1 Å². The highest BCUT2D eigenvalue weighted by Crippen LogP contribution is 2.38. The molecule has 2 saturated heterocycles. The van der Waals surface area contributed by atoms with Crippen molar-refractivity contribution in [1.82, 2.24) is 14.9 Å². The van der Waals surface area contributed by atoms with Crippen molar-refractivity contribution in [2.75, 3.05) is 44.3 Å². The third-order valence-electron chi connectivity index (χ3n) is 5.22. The largest absolute Gasteiger partial charge is 0.378 e. The first-order valence-corrected chi connectivity index (χ1v) is 9.18. The Labute approximate surface area is 143 Å². The van der Waals surface area contributed by atoms with E-state index in [1.165, 1.54) is 12.8 Å². The number of amides is 1. The van der Waals surface area contributed by atoms with E-state index >= 15 is 0 Å². The van der Waals surface area contributed by atoms with E-state index in [1.54, 1.807) is 0 Å². The van der Waals surface area contributed by atoms with Crippen molar-refractivity contribution < 1.29 is 9.53 Å². The van der Waals surface area contributed by atoms with Crippen LogP contribution in [0.2, 0.25) is 0 Å². The van der Waals surface area contributed by atoms with E-state index in [0.717, 1.165) is 56.4 Å². The number of hydrogen-bond acceptors (Lipinski definition) is 5. The Morgan fingerprint density at radius 3 is 2.71 bits per heavy atom. The van der Waals surface area contributed by atoms with Gasteiger partial charge in [-0.25, -0.2) is 9.97 Å². The highest BCUT2D eigenvalue weighted by Gasteiger charge is 2.32. The van der Waals surface area contributed by atoms with E-state index in [1.807, 2.05) is 11.8 Å². The van der Waals surface area contributed by atoms with E-state index in [9.17, 15) is 4.79 Å². The molecule has 0 aromatic carbocycles. The number of ether oxygens (including phenoxy) is 1. The molecule has 0 spiro atoms. The molecule has 1 aromatic rings. The number of rotatable bonds is 3. The molecule has 1 amide bonds. The number of carbonyl (C=O) groups excluding carboxylic acids is 1. The van der Waals surface area contributed by atoms with Crippen LogP contribution in [0.5, 0.6) is 0 Å². The second-order valence-electron chi connectivity index (χ2n) is 7.22. The average molecular weight is 330 g/mol. The van der Waals surface area contributed by atoms with Crippen LogP contribution in [0.3, 0.4) is 0 Å². The van der Waals surface area contributed by atoms with Gasteiger partial charge in [-0.05, 0) is 32.6 Å². The molecule has 6 nitrogen and oxygen atoms in total. The van der Waals surface area contributed by atoms with E-state index in [2.05, 4.69) is 16.0 Å². The second kappa shape index (κ2) is 6.67. The summed E-state index contributed by atoms with van der Waals surface area (Å²) in [6, 6.07) is 2.06. The Hall–Kier alpha value is -1.69. The van der Waals surface area contributed by atoms with Crippen LogP contribution in [-0.2, 0) is 9.53 Å². The third kappa shape index (κ3) is 3.38. The van der Waals surface area contributed by atoms with Crippen LogP contribution in [0, 0.1) is 12.8 Å². The van der Waals surface area contributed by atoms with Gasteiger partial charge >= 0.3 is 0 Å².